The van der Waals surface area contributed by atoms with Crippen LogP contribution >= 0.6 is 0 Å². The third kappa shape index (κ3) is 3.60. The summed E-state index contributed by atoms with van der Waals surface area (Å²) < 4.78 is 0. The van der Waals surface area contributed by atoms with Gasteiger partial charge in [-0.15, -0.1) is 0 Å². The Labute approximate surface area is 169 Å². The average molecular weight is 392 g/mol. The van der Waals surface area contributed by atoms with Crippen LogP contribution in [0, 0.1) is 5.92 Å². The van der Waals surface area contributed by atoms with Gasteiger partial charge in [-0.25, -0.2) is 0 Å². The third-order valence-corrected chi connectivity index (χ3v) is 5.60. The number of rotatable bonds is 5. The Hall–Kier alpha value is -3.22. The summed E-state index contributed by atoms with van der Waals surface area (Å²) in [5, 5.41) is 2.89. The van der Waals surface area contributed by atoms with Crippen molar-refractivity contribution in [2.45, 2.75) is 26.3 Å². The summed E-state index contributed by atoms with van der Waals surface area (Å²) in [7, 11) is 0. The second-order valence-electron chi connectivity index (χ2n) is 7.41. The SMILES string of the molecule is CCNC(=O)C1CCN(c2cccc3c2C(=O)N(Cc2cccnc2)C3=O)CC1. The molecule has 2 aromatic rings. The molecule has 0 atom stereocenters. The molecule has 1 saturated heterocycles. The van der Waals surface area contributed by atoms with Gasteiger partial charge in [0.15, 0.2) is 0 Å². The smallest absolute Gasteiger partial charge is 0.263 e. The first-order chi connectivity index (χ1) is 14.1. The van der Waals surface area contributed by atoms with E-state index in [1.165, 1.54) is 4.90 Å². The van der Waals surface area contributed by atoms with Crippen LogP contribution < -0.4 is 10.2 Å². The minimum Gasteiger partial charge on any atom is -0.371 e. The Morgan fingerprint density at radius 1 is 1.14 bits per heavy atom. The van der Waals surface area contributed by atoms with Crippen molar-refractivity contribution < 1.29 is 14.4 Å². The van der Waals surface area contributed by atoms with Crippen LogP contribution in [0.5, 0.6) is 0 Å². The van der Waals surface area contributed by atoms with E-state index in [0.717, 1.165) is 24.1 Å². The number of hydrogen-bond donors (Lipinski definition) is 1. The van der Waals surface area contributed by atoms with Gasteiger partial charge in [0.2, 0.25) is 5.91 Å². The number of amides is 3. The molecule has 0 spiro atoms. The average Bonchev–Trinajstić information content (AvgIpc) is 3.00. The molecule has 1 aromatic heterocycles. The van der Waals surface area contributed by atoms with E-state index < -0.39 is 0 Å². The van der Waals surface area contributed by atoms with Crippen molar-refractivity contribution in [3.63, 3.8) is 0 Å². The van der Waals surface area contributed by atoms with Gasteiger partial charge in [0.1, 0.15) is 0 Å². The van der Waals surface area contributed by atoms with Crippen LogP contribution in [0.15, 0.2) is 42.7 Å². The lowest BCUT2D eigenvalue weighted by molar-refractivity contribution is -0.125. The van der Waals surface area contributed by atoms with E-state index in [-0.39, 0.29) is 30.2 Å². The summed E-state index contributed by atoms with van der Waals surface area (Å²) in [6.07, 6.45) is 4.79. The zero-order valence-corrected chi connectivity index (χ0v) is 16.4. The van der Waals surface area contributed by atoms with E-state index in [1.54, 1.807) is 24.5 Å². The summed E-state index contributed by atoms with van der Waals surface area (Å²) in [6.45, 7) is 4.12. The number of hydrogen-bond acceptors (Lipinski definition) is 5. The lowest BCUT2D eigenvalue weighted by Gasteiger charge is -2.33. The molecule has 150 valence electrons. The molecule has 0 aliphatic carbocycles. The van der Waals surface area contributed by atoms with Crippen LogP contribution in [-0.4, -0.2) is 47.2 Å². The molecular weight excluding hydrogens is 368 g/mol. The second-order valence-corrected chi connectivity index (χ2v) is 7.41. The monoisotopic (exact) mass is 392 g/mol. The number of nitrogens with zero attached hydrogens (tertiary/aromatic N) is 3. The summed E-state index contributed by atoms with van der Waals surface area (Å²) in [5.74, 6) is -0.440. The first-order valence-corrected chi connectivity index (χ1v) is 10.0. The van der Waals surface area contributed by atoms with E-state index >= 15 is 0 Å². The molecule has 0 radical (unpaired) electrons. The van der Waals surface area contributed by atoms with Crippen molar-refractivity contribution in [2.75, 3.05) is 24.5 Å². The summed E-state index contributed by atoms with van der Waals surface area (Å²) >= 11 is 0. The molecule has 2 aliphatic rings. The van der Waals surface area contributed by atoms with Crippen LogP contribution in [0.2, 0.25) is 0 Å². The van der Waals surface area contributed by atoms with E-state index in [0.29, 0.717) is 30.8 Å². The van der Waals surface area contributed by atoms with Crippen LogP contribution in [0.4, 0.5) is 5.69 Å². The predicted octanol–water partition coefficient (Wildman–Crippen LogP) is 2.23. The highest BCUT2D eigenvalue weighted by atomic mass is 16.2. The molecule has 3 amide bonds. The Morgan fingerprint density at radius 2 is 1.93 bits per heavy atom. The number of anilines is 1. The van der Waals surface area contributed by atoms with Gasteiger partial charge >= 0.3 is 0 Å². The van der Waals surface area contributed by atoms with Gasteiger partial charge in [-0.1, -0.05) is 12.1 Å². The third-order valence-electron chi connectivity index (χ3n) is 5.60. The number of piperidine rings is 1. The van der Waals surface area contributed by atoms with E-state index in [4.69, 9.17) is 0 Å². The van der Waals surface area contributed by atoms with Gasteiger partial charge in [0, 0.05) is 37.9 Å². The minimum absolute atomic E-state index is 0.00220. The lowest BCUT2D eigenvalue weighted by atomic mass is 9.94. The molecule has 7 heteroatoms. The fraction of sp³-hybridized carbons (Fsp3) is 0.364. The Bertz CT molecular complexity index is 936. The molecule has 3 heterocycles. The normalized spacial score (nSPS) is 16.9. The zero-order chi connectivity index (χ0) is 20.4. The number of benzene rings is 1. The number of pyridine rings is 1. The summed E-state index contributed by atoms with van der Waals surface area (Å²) in [5.41, 5.74) is 2.51. The van der Waals surface area contributed by atoms with Crippen molar-refractivity contribution in [1.82, 2.24) is 15.2 Å². The number of carbonyl (C=O) groups is 3. The van der Waals surface area contributed by atoms with Gasteiger partial charge in [0.25, 0.3) is 11.8 Å². The molecule has 1 N–H and O–H groups in total. The predicted molar refractivity (Wildman–Crippen MR) is 109 cm³/mol. The molecule has 1 aromatic carbocycles. The van der Waals surface area contributed by atoms with Crippen molar-refractivity contribution in [3.8, 4) is 0 Å². The number of carbonyl (C=O) groups excluding carboxylic acids is 3. The van der Waals surface area contributed by atoms with Gasteiger partial charge < -0.3 is 10.2 Å². The molecule has 0 saturated carbocycles. The van der Waals surface area contributed by atoms with Crippen LogP contribution in [0.3, 0.4) is 0 Å². The quantitative estimate of drug-likeness (QED) is 0.789. The van der Waals surface area contributed by atoms with Crippen LogP contribution in [0.25, 0.3) is 0 Å². The maximum absolute atomic E-state index is 13.1. The van der Waals surface area contributed by atoms with E-state index in [9.17, 15) is 14.4 Å². The number of aromatic nitrogens is 1. The lowest BCUT2D eigenvalue weighted by Crippen LogP contribution is -2.41. The summed E-state index contributed by atoms with van der Waals surface area (Å²) in [4.78, 5) is 45.6. The van der Waals surface area contributed by atoms with Gasteiger partial charge in [-0.05, 0) is 43.5 Å². The number of imide groups is 1. The second kappa shape index (κ2) is 8.03. The molecule has 1 fully saturated rings. The zero-order valence-electron chi connectivity index (χ0n) is 16.4. The Kier molecular flexibility index (Phi) is 5.29. The molecular formula is C22H24N4O3. The van der Waals surface area contributed by atoms with Crippen LogP contribution in [-0.2, 0) is 11.3 Å². The van der Waals surface area contributed by atoms with Crippen LogP contribution in [0.1, 0.15) is 46.0 Å². The summed E-state index contributed by atoms with van der Waals surface area (Å²) in [6, 6.07) is 9.07. The maximum Gasteiger partial charge on any atom is 0.263 e. The molecule has 29 heavy (non-hydrogen) atoms. The van der Waals surface area contributed by atoms with Crippen molar-refractivity contribution in [1.29, 1.82) is 0 Å². The molecule has 7 nitrogen and oxygen atoms in total. The molecule has 2 aliphatic heterocycles. The number of fused-ring (bicyclic) bond motifs is 1. The van der Waals surface area contributed by atoms with E-state index in [1.807, 2.05) is 25.1 Å². The van der Waals surface area contributed by atoms with Crippen molar-refractivity contribution in [2.24, 2.45) is 5.92 Å². The first-order valence-electron chi connectivity index (χ1n) is 10.0. The Balaban J connectivity index is 1.54. The molecule has 0 unspecified atom stereocenters. The molecule has 4 rings (SSSR count). The fourth-order valence-electron chi connectivity index (χ4n) is 4.10. The fourth-order valence-corrected chi connectivity index (χ4v) is 4.10. The topological polar surface area (TPSA) is 82.6 Å². The highest BCUT2D eigenvalue weighted by molar-refractivity contribution is 6.23. The van der Waals surface area contributed by atoms with Gasteiger partial charge in [-0.3, -0.25) is 24.3 Å². The van der Waals surface area contributed by atoms with Gasteiger partial charge in [0.05, 0.1) is 23.4 Å². The van der Waals surface area contributed by atoms with Gasteiger partial charge in [-0.2, -0.15) is 0 Å². The standard InChI is InChI=1S/C22H24N4O3/c1-2-24-20(27)16-8-11-25(12-9-16)18-7-3-6-17-19(18)22(29)26(21(17)28)14-15-5-4-10-23-13-15/h3-7,10,13,16H,2,8-9,11-12,14H2,1H3,(H,24,27). The largest absolute Gasteiger partial charge is 0.371 e. The highest BCUT2D eigenvalue weighted by Gasteiger charge is 2.39. The first kappa shape index (κ1) is 19.1. The molecule has 0 bridgehead atoms. The van der Waals surface area contributed by atoms with E-state index in [2.05, 4.69) is 15.2 Å². The number of nitrogens with one attached hydrogen (secondary N) is 1. The Morgan fingerprint density at radius 3 is 2.62 bits per heavy atom. The van der Waals surface area contributed by atoms with Crippen molar-refractivity contribution in [3.05, 3.63) is 59.4 Å². The maximum atomic E-state index is 13.1. The minimum atomic E-state index is -0.270. The van der Waals surface area contributed by atoms with Crippen molar-refractivity contribution >= 4 is 23.4 Å². The highest BCUT2D eigenvalue weighted by Crippen LogP contribution is 2.34.